The summed E-state index contributed by atoms with van der Waals surface area (Å²) in [4.78, 5) is 27.7. The van der Waals surface area contributed by atoms with E-state index in [1.807, 2.05) is 11.6 Å². The second kappa shape index (κ2) is 8.59. The van der Waals surface area contributed by atoms with Crippen molar-refractivity contribution in [1.29, 1.82) is 0 Å². The standard InChI is InChI=1S/C23H30N4O2/c1-25-18-21(24-29)22(28)15-20(25)17-27-13-9-23(10-14-27)7-11-26(12-8-23)16-19-5-3-2-4-6-19/h2-6,15,18H,7-14,16-17H2,1H3. The Morgan fingerprint density at radius 3 is 2.10 bits per heavy atom. The predicted octanol–water partition coefficient (Wildman–Crippen LogP) is 3.66. The average molecular weight is 395 g/mol. The summed E-state index contributed by atoms with van der Waals surface area (Å²) in [6, 6.07) is 12.3. The molecule has 0 unspecified atom stereocenters. The highest BCUT2D eigenvalue weighted by molar-refractivity contribution is 5.34. The maximum absolute atomic E-state index is 11.9. The summed E-state index contributed by atoms with van der Waals surface area (Å²) in [7, 11) is 1.87. The first-order valence-corrected chi connectivity index (χ1v) is 10.6. The minimum Gasteiger partial charge on any atom is -0.351 e. The number of rotatable bonds is 5. The van der Waals surface area contributed by atoms with Crippen LogP contribution >= 0.6 is 0 Å². The van der Waals surface area contributed by atoms with Gasteiger partial charge in [-0.05, 0) is 68.0 Å². The normalized spacial score (nSPS) is 20.0. The molecular formula is C23H30N4O2. The Labute approximate surface area is 172 Å². The van der Waals surface area contributed by atoms with Crippen molar-refractivity contribution in [3.63, 3.8) is 0 Å². The van der Waals surface area contributed by atoms with Gasteiger partial charge < -0.3 is 4.57 Å². The van der Waals surface area contributed by atoms with E-state index in [0.29, 0.717) is 5.41 Å². The van der Waals surface area contributed by atoms with E-state index in [1.165, 1.54) is 44.3 Å². The number of nitrogens with zero attached hydrogens (tertiary/aromatic N) is 4. The van der Waals surface area contributed by atoms with E-state index in [0.717, 1.165) is 31.9 Å². The Morgan fingerprint density at radius 1 is 0.931 bits per heavy atom. The van der Waals surface area contributed by atoms with Crippen molar-refractivity contribution in [2.24, 2.45) is 17.6 Å². The van der Waals surface area contributed by atoms with Crippen molar-refractivity contribution in [1.82, 2.24) is 14.4 Å². The highest BCUT2D eigenvalue weighted by Gasteiger charge is 2.37. The Bertz CT molecular complexity index is 891. The molecule has 3 heterocycles. The Balaban J connectivity index is 1.29. The van der Waals surface area contributed by atoms with Gasteiger partial charge in [-0.2, -0.15) is 0 Å². The molecule has 6 nitrogen and oxygen atoms in total. The molecule has 2 saturated heterocycles. The average Bonchev–Trinajstić information content (AvgIpc) is 2.75. The first kappa shape index (κ1) is 20.0. The van der Waals surface area contributed by atoms with E-state index < -0.39 is 0 Å². The maximum Gasteiger partial charge on any atom is 0.211 e. The van der Waals surface area contributed by atoms with Crippen LogP contribution in [0.2, 0.25) is 0 Å². The van der Waals surface area contributed by atoms with Gasteiger partial charge in [0.05, 0.1) is 0 Å². The van der Waals surface area contributed by atoms with Crippen molar-refractivity contribution >= 4 is 5.69 Å². The predicted molar refractivity (Wildman–Crippen MR) is 115 cm³/mol. The second-order valence-electron chi connectivity index (χ2n) is 8.75. The number of nitroso groups, excluding NO2 is 1. The summed E-state index contributed by atoms with van der Waals surface area (Å²) in [6.45, 7) is 6.32. The summed E-state index contributed by atoms with van der Waals surface area (Å²) >= 11 is 0. The molecule has 0 radical (unpaired) electrons. The molecule has 0 aliphatic carbocycles. The van der Waals surface area contributed by atoms with E-state index in [9.17, 15) is 9.70 Å². The zero-order valence-electron chi connectivity index (χ0n) is 17.2. The van der Waals surface area contributed by atoms with Gasteiger partial charge in [0.15, 0.2) is 5.69 Å². The fraction of sp³-hybridized carbons (Fsp3) is 0.522. The van der Waals surface area contributed by atoms with Gasteiger partial charge in [-0.15, -0.1) is 4.91 Å². The van der Waals surface area contributed by atoms with Crippen molar-refractivity contribution in [2.45, 2.75) is 38.8 Å². The van der Waals surface area contributed by atoms with Crippen LogP contribution in [0.25, 0.3) is 0 Å². The lowest BCUT2D eigenvalue weighted by molar-refractivity contribution is 0.0293. The second-order valence-corrected chi connectivity index (χ2v) is 8.75. The molecular weight excluding hydrogens is 364 g/mol. The molecule has 29 heavy (non-hydrogen) atoms. The van der Waals surface area contributed by atoms with Gasteiger partial charge in [-0.25, -0.2) is 0 Å². The number of pyridine rings is 1. The summed E-state index contributed by atoms with van der Waals surface area (Å²) in [5.41, 5.74) is 2.53. The highest BCUT2D eigenvalue weighted by Crippen LogP contribution is 2.41. The van der Waals surface area contributed by atoms with E-state index >= 15 is 0 Å². The van der Waals surface area contributed by atoms with E-state index in [4.69, 9.17) is 0 Å². The molecule has 0 N–H and O–H groups in total. The molecule has 0 saturated carbocycles. The van der Waals surface area contributed by atoms with Crippen molar-refractivity contribution in [2.75, 3.05) is 26.2 Å². The monoisotopic (exact) mass is 394 g/mol. The molecule has 6 heteroatoms. The van der Waals surface area contributed by atoms with Crippen molar-refractivity contribution in [3.8, 4) is 0 Å². The number of aromatic nitrogens is 1. The smallest absolute Gasteiger partial charge is 0.211 e. The lowest BCUT2D eigenvalue weighted by Gasteiger charge is -2.47. The molecule has 0 bridgehead atoms. The molecule has 0 amide bonds. The fourth-order valence-electron chi connectivity index (χ4n) is 4.82. The number of hydrogen-bond acceptors (Lipinski definition) is 5. The first-order chi connectivity index (χ1) is 14.1. The molecule has 2 aliphatic rings. The van der Waals surface area contributed by atoms with Gasteiger partial charge in [0, 0.05) is 38.1 Å². The van der Waals surface area contributed by atoms with Crippen LogP contribution < -0.4 is 5.43 Å². The van der Waals surface area contributed by atoms with Crippen molar-refractivity contribution in [3.05, 3.63) is 69.0 Å². The molecule has 4 rings (SSSR count). The van der Waals surface area contributed by atoms with Crippen LogP contribution in [0.3, 0.4) is 0 Å². The number of hydrogen-bond donors (Lipinski definition) is 0. The quantitative estimate of drug-likeness (QED) is 0.726. The lowest BCUT2D eigenvalue weighted by atomic mass is 9.71. The van der Waals surface area contributed by atoms with E-state index in [-0.39, 0.29) is 11.1 Å². The van der Waals surface area contributed by atoms with Gasteiger partial charge in [0.1, 0.15) is 0 Å². The maximum atomic E-state index is 11.9. The molecule has 2 aromatic rings. The largest absolute Gasteiger partial charge is 0.351 e. The Kier molecular flexibility index (Phi) is 5.92. The van der Waals surface area contributed by atoms with Gasteiger partial charge in [0.25, 0.3) is 0 Å². The minimum atomic E-state index is -0.285. The molecule has 154 valence electrons. The van der Waals surface area contributed by atoms with Crippen LogP contribution in [0.5, 0.6) is 0 Å². The van der Waals surface area contributed by atoms with Crippen LogP contribution in [0.15, 0.2) is 52.6 Å². The van der Waals surface area contributed by atoms with Crippen LogP contribution in [-0.4, -0.2) is 40.5 Å². The van der Waals surface area contributed by atoms with E-state index in [1.54, 1.807) is 12.3 Å². The molecule has 1 aromatic heterocycles. The summed E-state index contributed by atoms with van der Waals surface area (Å²) in [6.07, 6.45) is 6.57. The number of aryl methyl sites for hydroxylation is 1. The van der Waals surface area contributed by atoms with Gasteiger partial charge in [-0.1, -0.05) is 30.3 Å². The molecule has 2 fully saturated rings. The Hall–Kier alpha value is -2.31. The van der Waals surface area contributed by atoms with Crippen LogP contribution in [0, 0.1) is 10.3 Å². The summed E-state index contributed by atoms with van der Waals surface area (Å²) in [5.74, 6) is 0. The summed E-state index contributed by atoms with van der Waals surface area (Å²) in [5, 5.41) is 2.81. The molecule has 1 aromatic carbocycles. The minimum absolute atomic E-state index is 0.0175. The van der Waals surface area contributed by atoms with Gasteiger partial charge in [0.2, 0.25) is 5.43 Å². The zero-order chi connectivity index (χ0) is 20.3. The van der Waals surface area contributed by atoms with E-state index in [2.05, 4.69) is 45.3 Å². The van der Waals surface area contributed by atoms with Crippen LogP contribution in [-0.2, 0) is 20.1 Å². The molecule has 0 atom stereocenters. The van der Waals surface area contributed by atoms with Crippen LogP contribution in [0.1, 0.15) is 36.9 Å². The zero-order valence-corrected chi connectivity index (χ0v) is 17.2. The highest BCUT2D eigenvalue weighted by atomic mass is 16.3. The third-order valence-electron chi connectivity index (χ3n) is 6.89. The summed E-state index contributed by atoms with van der Waals surface area (Å²) < 4.78 is 1.85. The Morgan fingerprint density at radius 2 is 1.52 bits per heavy atom. The van der Waals surface area contributed by atoms with Crippen molar-refractivity contribution < 1.29 is 0 Å². The lowest BCUT2D eigenvalue weighted by Crippen LogP contribution is -2.46. The van der Waals surface area contributed by atoms with Gasteiger partial charge >= 0.3 is 0 Å². The SMILES string of the molecule is Cn1cc(N=O)c(=O)cc1CN1CCC2(CCN(Cc3ccccc3)CC2)CC1. The third-order valence-corrected chi connectivity index (χ3v) is 6.89. The number of benzene rings is 1. The fourth-order valence-corrected chi connectivity index (χ4v) is 4.82. The van der Waals surface area contributed by atoms with Crippen LogP contribution in [0.4, 0.5) is 5.69 Å². The first-order valence-electron chi connectivity index (χ1n) is 10.6. The molecule has 2 aliphatic heterocycles. The number of piperidine rings is 2. The van der Waals surface area contributed by atoms with Gasteiger partial charge in [-0.3, -0.25) is 14.6 Å². The molecule has 1 spiro atoms. The topological polar surface area (TPSA) is 57.9 Å². The number of likely N-dealkylation sites (tertiary alicyclic amines) is 2. The third kappa shape index (κ3) is 4.65.